The van der Waals surface area contributed by atoms with Gasteiger partial charge in [0.05, 0.1) is 0 Å². The van der Waals surface area contributed by atoms with E-state index in [1.54, 1.807) is 14.4 Å². The average Bonchev–Trinajstić information content (AvgIpc) is 3.65. The predicted octanol–water partition coefficient (Wildman–Crippen LogP) is 11.1. The molecule has 0 N–H and O–H groups in total. The molecule has 0 aromatic heterocycles. The fourth-order valence-electron chi connectivity index (χ4n) is 8.54. The van der Waals surface area contributed by atoms with E-state index in [4.69, 9.17) is 0 Å². The van der Waals surface area contributed by atoms with Crippen molar-refractivity contribution in [3.05, 3.63) is 131 Å². The summed E-state index contributed by atoms with van der Waals surface area (Å²) in [5.41, 5.74) is 12.0. The van der Waals surface area contributed by atoms with Crippen LogP contribution in [0.4, 0.5) is 0 Å². The van der Waals surface area contributed by atoms with Gasteiger partial charge in [0.25, 0.3) is 0 Å². The molecule has 45 heavy (non-hydrogen) atoms. The SMILES string of the molecule is CCC1=[C]([Zr]([CH3])(=[SiH2])([C]2=C(CC)C(c3cccc(CC)c3)=CC2CC)[c]2ccccc2)C(CC)C=C1c1cccc(CC)c1.Cl.Cl. The van der Waals surface area contributed by atoms with Gasteiger partial charge in [0.1, 0.15) is 0 Å². The topological polar surface area (TPSA) is 0 Å². The van der Waals surface area contributed by atoms with Crippen molar-refractivity contribution in [3.8, 4) is 0 Å². The minimum absolute atomic E-state index is 0. The summed E-state index contributed by atoms with van der Waals surface area (Å²) in [4.78, 5) is 0. The first kappa shape index (κ1) is 37.8. The number of aryl methyl sites for hydroxylation is 2. The summed E-state index contributed by atoms with van der Waals surface area (Å²) in [6.07, 6.45) is 12.0. The van der Waals surface area contributed by atoms with Crippen LogP contribution in [-0.2, 0) is 30.2 Å². The molecule has 2 atom stereocenters. The van der Waals surface area contributed by atoms with Crippen LogP contribution in [0.25, 0.3) is 11.1 Å². The third kappa shape index (κ3) is 6.56. The maximum Gasteiger partial charge on any atom is -0.147 e. The van der Waals surface area contributed by atoms with Crippen LogP contribution in [0.15, 0.2) is 109 Å². The fourth-order valence-corrected chi connectivity index (χ4v) is 32.4. The summed E-state index contributed by atoms with van der Waals surface area (Å²) in [6.45, 7) is 16.7. The second-order valence-electron chi connectivity index (χ2n) is 13.2. The Morgan fingerprint density at radius 1 is 0.556 bits per heavy atom. The predicted molar refractivity (Wildman–Crippen MR) is 205 cm³/mol. The molecule has 0 saturated heterocycles. The maximum atomic E-state index is 2.81. The van der Waals surface area contributed by atoms with Crippen molar-refractivity contribution in [3.63, 3.8) is 0 Å². The smallest absolute Gasteiger partial charge is 0.147 e. The largest absolute Gasteiger partial charge is 0.147 e. The number of benzene rings is 3. The summed E-state index contributed by atoms with van der Waals surface area (Å²) in [6, 6.07) is 30.6. The summed E-state index contributed by atoms with van der Waals surface area (Å²) >= 11 is -4.14. The van der Waals surface area contributed by atoms with Crippen molar-refractivity contribution in [2.45, 2.75) is 84.7 Å². The van der Waals surface area contributed by atoms with Gasteiger partial charge in [-0.2, -0.15) is 0 Å². The van der Waals surface area contributed by atoms with Crippen LogP contribution in [0.5, 0.6) is 0 Å². The first-order valence-electron chi connectivity index (χ1n) is 17.0. The molecule has 0 saturated carbocycles. The molecule has 0 amide bonds. The quantitative estimate of drug-likeness (QED) is 0.172. The van der Waals surface area contributed by atoms with E-state index in [0.29, 0.717) is 11.8 Å². The first-order chi connectivity index (χ1) is 20.7. The van der Waals surface area contributed by atoms with Gasteiger partial charge in [-0.3, -0.25) is 0 Å². The maximum absolute atomic E-state index is 4.14. The van der Waals surface area contributed by atoms with E-state index in [1.165, 1.54) is 33.4 Å². The van der Waals surface area contributed by atoms with E-state index in [-0.39, 0.29) is 24.8 Å². The van der Waals surface area contributed by atoms with Gasteiger partial charge in [0.2, 0.25) is 0 Å². The molecule has 2 aliphatic carbocycles. The van der Waals surface area contributed by atoms with Crippen LogP contribution in [0, 0.1) is 11.8 Å². The molecule has 0 radical (unpaired) electrons. The zero-order chi connectivity index (χ0) is 30.8. The minimum Gasteiger partial charge on any atom is -0.147 e. The molecule has 240 valence electrons. The number of hydrogen-bond acceptors (Lipinski definition) is 0. The molecule has 3 aromatic rings. The zero-order valence-electron chi connectivity index (χ0n) is 28.6. The molecular weight excluding hydrogens is 683 g/mol. The van der Waals surface area contributed by atoms with E-state index in [2.05, 4.69) is 144 Å². The standard InChI is InChI=1S/2C17H21.C6H5.CH3.2ClH.H2Si.Zr/c2*1-4-13-8-7-9-16(10-13)17-12-14(5-2)11-15(17)6-3;1-2-4-6-5-3-1;;;;;/h2*7-10,12,14H,4-6H2,1-3H3;1-5H;1H3;2*1H;1H2;. The Bertz CT molecular complexity index is 1610. The molecule has 0 heterocycles. The molecule has 3 aromatic carbocycles. The minimum atomic E-state index is -4.14. The van der Waals surface area contributed by atoms with E-state index in [0.717, 1.165) is 38.5 Å². The van der Waals surface area contributed by atoms with Crippen molar-refractivity contribution in [2.24, 2.45) is 11.8 Å². The van der Waals surface area contributed by atoms with Gasteiger partial charge in [-0.15, -0.1) is 24.8 Å². The number of hydrogen-bond donors (Lipinski definition) is 0. The summed E-state index contributed by atoms with van der Waals surface area (Å²) in [5.74, 6) is 0.971. The summed E-state index contributed by atoms with van der Waals surface area (Å²) in [5, 5.41) is 0. The van der Waals surface area contributed by atoms with E-state index in [1.807, 2.05) is 6.56 Å². The van der Waals surface area contributed by atoms with Crippen LogP contribution in [0.2, 0.25) is 4.63 Å². The number of rotatable bonds is 11. The van der Waals surface area contributed by atoms with Crippen molar-refractivity contribution < 1.29 is 17.4 Å². The average molecular weight is 737 g/mol. The van der Waals surface area contributed by atoms with Gasteiger partial charge >= 0.3 is 266 Å². The molecule has 2 aliphatic rings. The Labute approximate surface area is 288 Å². The third-order valence-corrected chi connectivity index (χ3v) is 32.7. The first-order valence-corrected chi connectivity index (χ1v) is 29.0. The van der Waals surface area contributed by atoms with E-state index >= 15 is 0 Å². The normalized spacial score (nSPS) is 18.4. The molecule has 0 aliphatic heterocycles. The van der Waals surface area contributed by atoms with Crippen molar-refractivity contribution in [1.29, 1.82) is 0 Å². The van der Waals surface area contributed by atoms with Crippen molar-refractivity contribution in [1.82, 2.24) is 0 Å². The van der Waals surface area contributed by atoms with Gasteiger partial charge in [-0.25, -0.2) is 0 Å². The van der Waals surface area contributed by atoms with E-state index < -0.39 is 17.4 Å². The van der Waals surface area contributed by atoms with Gasteiger partial charge in [0, 0.05) is 0 Å². The molecular formula is C41H54Cl2SiZr. The van der Waals surface area contributed by atoms with Crippen LogP contribution in [0.1, 0.15) is 89.5 Å². The Kier molecular flexibility index (Phi) is 13.0. The molecule has 0 bridgehead atoms. The van der Waals surface area contributed by atoms with Crippen LogP contribution in [-0.4, -0.2) is 6.88 Å². The Balaban J connectivity index is 0.00000276. The fraction of sp³-hybridized carbons (Fsp3) is 0.366. The van der Waals surface area contributed by atoms with Gasteiger partial charge < -0.3 is 0 Å². The third-order valence-electron chi connectivity index (χ3n) is 10.7. The van der Waals surface area contributed by atoms with Gasteiger partial charge in [0.15, 0.2) is 0 Å². The second kappa shape index (κ2) is 15.5. The number of halogens is 2. The van der Waals surface area contributed by atoms with Crippen molar-refractivity contribution in [2.75, 3.05) is 0 Å². The van der Waals surface area contributed by atoms with Crippen molar-refractivity contribution >= 4 is 46.1 Å². The van der Waals surface area contributed by atoms with Crippen LogP contribution in [0.3, 0.4) is 0 Å². The van der Waals surface area contributed by atoms with Gasteiger partial charge in [-0.05, 0) is 0 Å². The Morgan fingerprint density at radius 2 is 0.978 bits per heavy atom. The molecule has 2 unspecified atom stereocenters. The van der Waals surface area contributed by atoms with Crippen LogP contribution < -0.4 is 3.27 Å². The van der Waals surface area contributed by atoms with Gasteiger partial charge in [-0.1, -0.05) is 0 Å². The Morgan fingerprint density at radius 3 is 1.33 bits per heavy atom. The summed E-state index contributed by atoms with van der Waals surface area (Å²) in [7, 11) is 0. The number of allylic oxidation sites excluding steroid dienone is 8. The summed E-state index contributed by atoms with van der Waals surface area (Å²) < 4.78 is 8.12. The monoisotopic (exact) mass is 734 g/mol. The van der Waals surface area contributed by atoms with E-state index in [9.17, 15) is 0 Å². The molecule has 4 heteroatoms. The van der Waals surface area contributed by atoms with Crippen LogP contribution >= 0.6 is 24.8 Å². The molecule has 5 rings (SSSR count). The molecule has 0 spiro atoms. The molecule has 0 fully saturated rings. The Hall–Kier alpha value is -1.70. The zero-order valence-corrected chi connectivity index (χ0v) is 34.1. The second-order valence-corrected chi connectivity index (χ2v) is 37.6. The molecule has 0 nitrogen and oxygen atoms in total.